The van der Waals surface area contributed by atoms with Crippen molar-refractivity contribution in [3.8, 4) is 0 Å². The number of nitrogens with one attached hydrogen (secondary N) is 1. The molecule has 1 aromatic heterocycles. The summed E-state index contributed by atoms with van der Waals surface area (Å²) < 4.78 is 7.65. The molecule has 100 valence electrons. The Balaban J connectivity index is 1.85. The van der Waals surface area contributed by atoms with Gasteiger partial charge in [-0.1, -0.05) is 13.8 Å². The molecule has 1 saturated heterocycles. The summed E-state index contributed by atoms with van der Waals surface area (Å²) in [5, 5.41) is 8.35. The van der Waals surface area contributed by atoms with Crippen molar-refractivity contribution < 1.29 is 4.74 Å². The van der Waals surface area contributed by atoms with Crippen LogP contribution in [0.4, 0.5) is 5.82 Å². The third kappa shape index (κ3) is 2.14. The highest BCUT2D eigenvalue weighted by Crippen LogP contribution is 2.33. The van der Waals surface area contributed by atoms with Crippen molar-refractivity contribution in [3.05, 3.63) is 11.8 Å². The Morgan fingerprint density at radius 1 is 1.33 bits per heavy atom. The maximum atomic E-state index is 5.43. The van der Waals surface area contributed by atoms with E-state index in [2.05, 4.69) is 29.9 Å². The molecule has 1 atom stereocenters. The van der Waals surface area contributed by atoms with Gasteiger partial charge in [0.15, 0.2) is 0 Å². The molecule has 0 saturated carbocycles. The summed E-state index contributed by atoms with van der Waals surface area (Å²) in [5.74, 6) is 2.45. The van der Waals surface area contributed by atoms with E-state index in [4.69, 9.17) is 9.84 Å². The van der Waals surface area contributed by atoms with Crippen LogP contribution in [0.1, 0.15) is 50.8 Å². The maximum absolute atomic E-state index is 5.43. The molecule has 4 nitrogen and oxygen atoms in total. The van der Waals surface area contributed by atoms with Crippen LogP contribution in [0.25, 0.3) is 0 Å². The van der Waals surface area contributed by atoms with Gasteiger partial charge < -0.3 is 10.1 Å². The molecule has 1 fully saturated rings. The Hall–Kier alpha value is -1.03. The largest absolute Gasteiger partial charge is 0.381 e. The van der Waals surface area contributed by atoms with Crippen LogP contribution in [0.2, 0.25) is 0 Å². The lowest BCUT2D eigenvalue weighted by molar-refractivity contribution is 0.0842. The maximum Gasteiger partial charge on any atom is 0.124 e. The molecule has 0 radical (unpaired) electrons. The van der Waals surface area contributed by atoms with Gasteiger partial charge in [0, 0.05) is 31.7 Å². The van der Waals surface area contributed by atoms with Gasteiger partial charge in [-0.25, -0.2) is 4.68 Å². The third-order valence-electron chi connectivity index (χ3n) is 4.22. The van der Waals surface area contributed by atoms with E-state index < -0.39 is 0 Å². The van der Waals surface area contributed by atoms with Crippen LogP contribution in [0.15, 0.2) is 6.07 Å². The molecule has 0 bridgehead atoms. The number of fused-ring (bicyclic) bond motifs is 1. The van der Waals surface area contributed by atoms with Crippen LogP contribution in [-0.2, 0) is 4.74 Å². The van der Waals surface area contributed by atoms with E-state index in [1.54, 1.807) is 0 Å². The second-order valence-electron chi connectivity index (χ2n) is 5.81. The molecule has 0 spiro atoms. The summed E-state index contributed by atoms with van der Waals surface area (Å²) in [6.45, 7) is 7.41. The molecule has 3 rings (SSSR count). The van der Waals surface area contributed by atoms with Crippen molar-refractivity contribution in [2.45, 2.75) is 45.1 Å². The monoisotopic (exact) mass is 249 g/mol. The zero-order valence-corrected chi connectivity index (χ0v) is 11.4. The van der Waals surface area contributed by atoms with Crippen molar-refractivity contribution >= 4 is 5.82 Å². The molecule has 0 amide bonds. The molecule has 2 aliphatic rings. The Labute approximate surface area is 109 Å². The standard InChI is InChI=1S/C14H23N3O/c1-10(2)13-3-6-15-14-9-12(16-17(13)14)11-4-7-18-8-5-11/h9-11,13,15H,3-8H2,1-2H3. The third-order valence-corrected chi connectivity index (χ3v) is 4.22. The molecule has 0 aliphatic carbocycles. The van der Waals surface area contributed by atoms with E-state index in [9.17, 15) is 0 Å². The van der Waals surface area contributed by atoms with Crippen LogP contribution in [0.5, 0.6) is 0 Å². The van der Waals surface area contributed by atoms with E-state index in [1.807, 2.05) is 0 Å². The lowest BCUT2D eigenvalue weighted by Gasteiger charge is -2.28. The van der Waals surface area contributed by atoms with Crippen LogP contribution >= 0.6 is 0 Å². The number of hydrogen-bond acceptors (Lipinski definition) is 3. The number of rotatable bonds is 2. The van der Waals surface area contributed by atoms with Crippen LogP contribution in [0.3, 0.4) is 0 Å². The van der Waals surface area contributed by atoms with Crippen LogP contribution in [-0.4, -0.2) is 29.5 Å². The SMILES string of the molecule is CC(C)C1CCNc2cc(C3CCOCC3)nn21. The number of nitrogens with zero attached hydrogens (tertiary/aromatic N) is 2. The Morgan fingerprint density at radius 3 is 2.83 bits per heavy atom. The molecule has 1 aromatic rings. The lowest BCUT2D eigenvalue weighted by atomic mass is 9.97. The van der Waals surface area contributed by atoms with E-state index in [0.717, 1.165) is 32.6 Å². The smallest absolute Gasteiger partial charge is 0.124 e. The highest BCUT2D eigenvalue weighted by Gasteiger charge is 2.27. The number of ether oxygens (including phenoxy) is 1. The second kappa shape index (κ2) is 4.92. The van der Waals surface area contributed by atoms with E-state index >= 15 is 0 Å². The van der Waals surface area contributed by atoms with Crippen molar-refractivity contribution in [1.29, 1.82) is 0 Å². The molecular formula is C14H23N3O. The van der Waals surface area contributed by atoms with E-state index in [0.29, 0.717) is 17.9 Å². The molecule has 0 aromatic carbocycles. The van der Waals surface area contributed by atoms with Gasteiger partial charge in [0.05, 0.1) is 11.7 Å². The minimum absolute atomic E-state index is 0.551. The predicted molar refractivity (Wildman–Crippen MR) is 72.0 cm³/mol. The van der Waals surface area contributed by atoms with Gasteiger partial charge in [-0.05, 0) is 25.2 Å². The molecule has 2 aliphatic heterocycles. The average Bonchev–Trinajstić information content (AvgIpc) is 2.83. The second-order valence-corrected chi connectivity index (χ2v) is 5.81. The summed E-state index contributed by atoms with van der Waals surface area (Å²) in [7, 11) is 0. The summed E-state index contributed by atoms with van der Waals surface area (Å²) >= 11 is 0. The first-order chi connectivity index (χ1) is 8.75. The van der Waals surface area contributed by atoms with Crippen molar-refractivity contribution in [2.24, 2.45) is 5.92 Å². The van der Waals surface area contributed by atoms with Gasteiger partial charge in [-0.3, -0.25) is 0 Å². The van der Waals surface area contributed by atoms with Gasteiger partial charge >= 0.3 is 0 Å². The molecule has 3 heterocycles. The minimum atomic E-state index is 0.551. The number of aromatic nitrogens is 2. The summed E-state index contributed by atoms with van der Waals surface area (Å²) in [4.78, 5) is 0. The Morgan fingerprint density at radius 2 is 2.11 bits per heavy atom. The minimum Gasteiger partial charge on any atom is -0.381 e. The average molecular weight is 249 g/mol. The van der Waals surface area contributed by atoms with Crippen molar-refractivity contribution in [3.63, 3.8) is 0 Å². The summed E-state index contributed by atoms with van der Waals surface area (Å²) in [5.41, 5.74) is 1.26. The van der Waals surface area contributed by atoms with Crippen molar-refractivity contribution in [2.75, 3.05) is 25.1 Å². The summed E-state index contributed by atoms with van der Waals surface area (Å²) in [6.07, 6.45) is 3.41. The van der Waals surface area contributed by atoms with Gasteiger partial charge in [-0.2, -0.15) is 5.10 Å². The quantitative estimate of drug-likeness (QED) is 0.876. The fourth-order valence-electron chi connectivity index (χ4n) is 3.08. The zero-order chi connectivity index (χ0) is 12.5. The topological polar surface area (TPSA) is 39.1 Å². The van der Waals surface area contributed by atoms with E-state index in [1.165, 1.54) is 17.9 Å². The van der Waals surface area contributed by atoms with Gasteiger partial charge in [-0.15, -0.1) is 0 Å². The Bertz CT molecular complexity index is 407. The van der Waals surface area contributed by atoms with Crippen LogP contribution < -0.4 is 5.32 Å². The fourth-order valence-corrected chi connectivity index (χ4v) is 3.08. The molecule has 18 heavy (non-hydrogen) atoms. The first-order valence-corrected chi connectivity index (χ1v) is 7.17. The lowest BCUT2D eigenvalue weighted by Crippen LogP contribution is -2.27. The highest BCUT2D eigenvalue weighted by molar-refractivity contribution is 5.40. The molecule has 4 heteroatoms. The van der Waals surface area contributed by atoms with Crippen molar-refractivity contribution in [1.82, 2.24) is 9.78 Å². The zero-order valence-electron chi connectivity index (χ0n) is 11.4. The van der Waals surface area contributed by atoms with Gasteiger partial charge in [0.1, 0.15) is 5.82 Å². The van der Waals surface area contributed by atoms with E-state index in [-0.39, 0.29) is 0 Å². The van der Waals surface area contributed by atoms with Crippen LogP contribution in [0, 0.1) is 5.92 Å². The molecular weight excluding hydrogens is 226 g/mol. The fraction of sp³-hybridized carbons (Fsp3) is 0.786. The number of anilines is 1. The Kier molecular flexibility index (Phi) is 3.29. The predicted octanol–water partition coefficient (Wildman–Crippen LogP) is 2.79. The van der Waals surface area contributed by atoms with Gasteiger partial charge in [0.2, 0.25) is 0 Å². The number of hydrogen-bond donors (Lipinski definition) is 1. The first-order valence-electron chi connectivity index (χ1n) is 7.17. The highest BCUT2D eigenvalue weighted by atomic mass is 16.5. The molecule has 1 unspecified atom stereocenters. The molecule has 1 N–H and O–H groups in total. The first kappa shape index (κ1) is 12.0. The van der Waals surface area contributed by atoms with Gasteiger partial charge in [0.25, 0.3) is 0 Å². The normalized spacial score (nSPS) is 24.9. The summed E-state index contributed by atoms with van der Waals surface area (Å²) in [6, 6.07) is 2.81.